The zero-order chi connectivity index (χ0) is 20.5. The third kappa shape index (κ3) is 6.36. The van der Waals surface area contributed by atoms with E-state index in [1.165, 1.54) is 12.1 Å². The molecule has 0 saturated heterocycles. The summed E-state index contributed by atoms with van der Waals surface area (Å²) < 4.78 is 24.1. The summed E-state index contributed by atoms with van der Waals surface area (Å²) in [6.07, 6.45) is 0.334. The third-order valence-electron chi connectivity index (χ3n) is 4.01. The number of ether oxygens (including phenoxy) is 2. The Hall–Kier alpha value is -3.85. The van der Waals surface area contributed by atoms with E-state index in [0.717, 1.165) is 11.1 Å². The molecule has 6 heteroatoms. The fraction of sp³-hybridized carbons (Fsp3) is 0.130. The average Bonchev–Trinajstić information content (AvgIpc) is 2.73. The van der Waals surface area contributed by atoms with Crippen molar-refractivity contribution in [1.82, 2.24) is 0 Å². The van der Waals surface area contributed by atoms with Gasteiger partial charge in [0.05, 0.1) is 12.5 Å². The van der Waals surface area contributed by atoms with E-state index >= 15 is 0 Å². The molecule has 0 heterocycles. The maximum Gasteiger partial charge on any atom is 0.262 e. The number of carbonyl (C=O) groups excluding carboxylic acids is 1. The van der Waals surface area contributed by atoms with Crippen molar-refractivity contribution in [2.45, 2.75) is 13.0 Å². The molecule has 29 heavy (non-hydrogen) atoms. The van der Waals surface area contributed by atoms with Crippen LogP contribution >= 0.6 is 0 Å². The Morgan fingerprint density at radius 2 is 1.66 bits per heavy atom. The Labute approximate surface area is 168 Å². The molecule has 0 atom stereocenters. The topological polar surface area (TPSA) is 71.3 Å². The number of nitrogens with zero attached hydrogens (tertiary/aromatic N) is 1. The number of hydrogen-bond donors (Lipinski definition) is 1. The van der Waals surface area contributed by atoms with Crippen LogP contribution in [0.2, 0.25) is 0 Å². The van der Waals surface area contributed by atoms with Gasteiger partial charge < -0.3 is 14.8 Å². The second kappa shape index (κ2) is 9.90. The van der Waals surface area contributed by atoms with E-state index in [9.17, 15) is 9.18 Å². The molecule has 0 unspecified atom stereocenters. The van der Waals surface area contributed by atoms with Gasteiger partial charge in [-0.25, -0.2) is 4.39 Å². The number of halogens is 1. The highest BCUT2D eigenvalue weighted by atomic mass is 19.1. The lowest BCUT2D eigenvalue weighted by Crippen LogP contribution is -2.20. The maximum absolute atomic E-state index is 12.9. The van der Waals surface area contributed by atoms with Crippen LogP contribution in [0.1, 0.15) is 11.1 Å². The van der Waals surface area contributed by atoms with Gasteiger partial charge in [0.1, 0.15) is 23.9 Å². The number of amides is 1. The monoisotopic (exact) mass is 390 g/mol. The summed E-state index contributed by atoms with van der Waals surface area (Å²) in [6, 6.07) is 22.2. The molecule has 0 aromatic heterocycles. The minimum absolute atomic E-state index is 0.141. The Morgan fingerprint density at radius 1 is 0.931 bits per heavy atom. The summed E-state index contributed by atoms with van der Waals surface area (Å²) in [5.74, 6) is 0.542. The summed E-state index contributed by atoms with van der Waals surface area (Å²) in [6.45, 7) is 0.154. The fourth-order valence-corrected chi connectivity index (χ4v) is 2.55. The van der Waals surface area contributed by atoms with Crippen molar-refractivity contribution in [2.24, 2.45) is 0 Å². The first-order chi connectivity index (χ1) is 14.1. The summed E-state index contributed by atoms with van der Waals surface area (Å²) in [4.78, 5) is 12.1. The first-order valence-corrected chi connectivity index (χ1v) is 8.98. The van der Waals surface area contributed by atoms with E-state index in [0.29, 0.717) is 30.2 Å². The van der Waals surface area contributed by atoms with Gasteiger partial charge in [-0.15, -0.1) is 0 Å². The highest BCUT2D eigenvalue weighted by Crippen LogP contribution is 2.19. The molecule has 0 fully saturated rings. The highest BCUT2D eigenvalue weighted by Gasteiger charge is 2.06. The number of nitriles is 1. The van der Waals surface area contributed by atoms with Crippen molar-refractivity contribution < 1.29 is 18.7 Å². The van der Waals surface area contributed by atoms with Gasteiger partial charge in [0.15, 0.2) is 6.61 Å². The van der Waals surface area contributed by atoms with Gasteiger partial charge in [-0.2, -0.15) is 5.26 Å². The lowest BCUT2D eigenvalue weighted by Gasteiger charge is -2.10. The number of rotatable bonds is 8. The smallest absolute Gasteiger partial charge is 0.262 e. The molecule has 0 spiro atoms. The van der Waals surface area contributed by atoms with Crippen LogP contribution in [0.25, 0.3) is 0 Å². The first-order valence-electron chi connectivity index (χ1n) is 8.98. The fourth-order valence-electron chi connectivity index (χ4n) is 2.55. The molecule has 3 rings (SSSR count). The van der Waals surface area contributed by atoms with Crippen LogP contribution in [0.4, 0.5) is 10.1 Å². The Kier molecular flexibility index (Phi) is 6.80. The van der Waals surface area contributed by atoms with Gasteiger partial charge >= 0.3 is 0 Å². The molecule has 0 bridgehead atoms. The van der Waals surface area contributed by atoms with E-state index in [4.69, 9.17) is 14.7 Å². The van der Waals surface area contributed by atoms with Crippen molar-refractivity contribution in [3.8, 4) is 17.6 Å². The SMILES string of the molecule is N#CCc1ccc(OCC(=O)Nc2cccc(OCc3ccc(F)cc3)c2)cc1. The summed E-state index contributed by atoms with van der Waals surface area (Å²) in [5, 5.41) is 11.4. The molecule has 0 aliphatic rings. The zero-order valence-corrected chi connectivity index (χ0v) is 15.6. The molecule has 0 saturated carbocycles. The molecule has 1 N–H and O–H groups in total. The second-order valence-corrected chi connectivity index (χ2v) is 6.26. The largest absolute Gasteiger partial charge is 0.489 e. The van der Waals surface area contributed by atoms with Crippen LogP contribution in [0, 0.1) is 17.1 Å². The van der Waals surface area contributed by atoms with E-state index in [1.54, 1.807) is 60.7 Å². The molecular weight excluding hydrogens is 371 g/mol. The predicted molar refractivity (Wildman–Crippen MR) is 107 cm³/mol. The quantitative estimate of drug-likeness (QED) is 0.615. The number of benzene rings is 3. The van der Waals surface area contributed by atoms with Gasteiger partial charge in [-0.05, 0) is 47.5 Å². The predicted octanol–water partition coefficient (Wildman–Crippen LogP) is 4.49. The minimum Gasteiger partial charge on any atom is -0.489 e. The molecule has 0 radical (unpaired) electrons. The molecule has 0 aliphatic carbocycles. The molecule has 0 aliphatic heterocycles. The summed E-state index contributed by atoms with van der Waals surface area (Å²) in [7, 11) is 0. The number of hydrogen-bond acceptors (Lipinski definition) is 4. The van der Waals surface area contributed by atoms with Gasteiger partial charge in [0.25, 0.3) is 5.91 Å². The Balaban J connectivity index is 1.49. The molecule has 146 valence electrons. The van der Waals surface area contributed by atoms with Gasteiger partial charge in [-0.1, -0.05) is 30.3 Å². The standard InChI is InChI=1S/C23H19FN2O3/c24-19-8-4-18(5-9-19)15-28-22-3-1-2-20(14-22)26-23(27)16-29-21-10-6-17(7-11-21)12-13-25/h1-11,14H,12,15-16H2,(H,26,27). The molecule has 5 nitrogen and oxygen atoms in total. The van der Waals surface area contributed by atoms with Crippen LogP contribution in [0.5, 0.6) is 11.5 Å². The van der Waals surface area contributed by atoms with Gasteiger partial charge in [0.2, 0.25) is 0 Å². The summed E-state index contributed by atoms with van der Waals surface area (Å²) >= 11 is 0. The lowest BCUT2D eigenvalue weighted by atomic mass is 10.2. The molecule has 1 amide bonds. The van der Waals surface area contributed by atoms with Gasteiger partial charge in [0, 0.05) is 11.8 Å². The normalized spacial score (nSPS) is 10.1. The van der Waals surface area contributed by atoms with E-state index in [2.05, 4.69) is 11.4 Å². The number of carbonyl (C=O) groups is 1. The van der Waals surface area contributed by atoms with Gasteiger partial charge in [-0.3, -0.25) is 4.79 Å². The molecular formula is C23H19FN2O3. The number of anilines is 1. The molecule has 3 aromatic rings. The first kappa shape index (κ1) is 19.9. The van der Waals surface area contributed by atoms with E-state index < -0.39 is 0 Å². The average molecular weight is 390 g/mol. The lowest BCUT2D eigenvalue weighted by molar-refractivity contribution is -0.118. The Morgan fingerprint density at radius 3 is 2.38 bits per heavy atom. The van der Waals surface area contributed by atoms with Crippen LogP contribution in [0.3, 0.4) is 0 Å². The van der Waals surface area contributed by atoms with Crippen LogP contribution in [0.15, 0.2) is 72.8 Å². The van der Waals surface area contributed by atoms with Crippen LogP contribution in [-0.2, 0) is 17.8 Å². The number of nitrogens with one attached hydrogen (secondary N) is 1. The van der Waals surface area contributed by atoms with Crippen LogP contribution in [-0.4, -0.2) is 12.5 Å². The van der Waals surface area contributed by atoms with Crippen molar-refractivity contribution >= 4 is 11.6 Å². The zero-order valence-electron chi connectivity index (χ0n) is 15.6. The second-order valence-electron chi connectivity index (χ2n) is 6.26. The van der Waals surface area contributed by atoms with Crippen molar-refractivity contribution in [3.05, 3.63) is 89.7 Å². The van der Waals surface area contributed by atoms with Crippen molar-refractivity contribution in [2.75, 3.05) is 11.9 Å². The Bertz CT molecular complexity index is 996. The summed E-state index contributed by atoms with van der Waals surface area (Å²) in [5.41, 5.74) is 2.32. The van der Waals surface area contributed by atoms with Crippen molar-refractivity contribution in [3.63, 3.8) is 0 Å². The van der Waals surface area contributed by atoms with Crippen molar-refractivity contribution in [1.29, 1.82) is 5.26 Å². The highest BCUT2D eigenvalue weighted by molar-refractivity contribution is 5.92. The van der Waals surface area contributed by atoms with E-state index in [1.807, 2.05) is 0 Å². The van der Waals surface area contributed by atoms with Crippen LogP contribution < -0.4 is 14.8 Å². The third-order valence-corrected chi connectivity index (χ3v) is 4.01. The molecule has 3 aromatic carbocycles. The maximum atomic E-state index is 12.9. The minimum atomic E-state index is -0.304. The van der Waals surface area contributed by atoms with E-state index in [-0.39, 0.29) is 18.3 Å².